The number of hydrogen-bond donors (Lipinski definition) is 1. The standard InChI is InChI=1S/C23H27ClN2/c24-21-10-5-8-18(15-21)20-9-6-14-26(17-20)13-4-3-7-19-16-25-23-12-2-1-11-22(19)23/h1-2,5,8,10-12,15-16,20,25H,3-4,6-7,9,13-14,17H2. The molecule has 0 amide bonds. The highest BCUT2D eigenvalue weighted by Crippen LogP contribution is 2.28. The lowest BCUT2D eigenvalue weighted by molar-refractivity contribution is 0.204. The number of likely N-dealkylation sites (tertiary alicyclic amines) is 1. The van der Waals surface area contributed by atoms with Crippen molar-refractivity contribution in [3.63, 3.8) is 0 Å². The fraction of sp³-hybridized carbons (Fsp3) is 0.391. The van der Waals surface area contributed by atoms with Gasteiger partial charge in [-0.1, -0.05) is 41.9 Å². The van der Waals surface area contributed by atoms with Crippen LogP contribution in [0.15, 0.2) is 54.7 Å². The third-order valence-corrected chi connectivity index (χ3v) is 5.91. The molecule has 1 atom stereocenters. The lowest BCUT2D eigenvalue weighted by Crippen LogP contribution is -2.35. The number of fused-ring (bicyclic) bond motifs is 1. The maximum atomic E-state index is 6.18. The van der Waals surface area contributed by atoms with Crippen molar-refractivity contribution in [1.29, 1.82) is 0 Å². The van der Waals surface area contributed by atoms with Crippen LogP contribution in [0.2, 0.25) is 5.02 Å². The summed E-state index contributed by atoms with van der Waals surface area (Å²) in [5.74, 6) is 0.635. The maximum Gasteiger partial charge on any atom is 0.0456 e. The number of halogens is 1. The minimum absolute atomic E-state index is 0.635. The minimum Gasteiger partial charge on any atom is -0.361 e. The lowest BCUT2D eigenvalue weighted by Gasteiger charge is -2.33. The van der Waals surface area contributed by atoms with Crippen molar-refractivity contribution in [2.45, 2.75) is 38.0 Å². The molecule has 1 aliphatic heterocycles. The molecule has 136 valence electrons. The van der Waals surface area contributed by atoms with E-state index in [9.17, 15) is 0 Å². The van der Waals surface area contributed by atoms with Crippen LogP contribution in [0.4, 0.5) is 0 Å². The summed E-state index contributed by atoms with van der Waals surface area (Å²) in [5, 5.41) is 2.24. The first-order valence-corrected chi connectivity index (χ1v) is 10.2. The third kappa shape index (κ3) is 4.13. The Balaban J connectivity index is 1.27. The van der Waals surface area contributed by atoms with Crippen LogP contribution < -0.4 is 0 Å². The van der Waals surface area contributed by atoms with Crippen LogP contribution in [0, 0.1) is 0 Å². The Bertz CT molecular complexity index is 854. The van der Waals surface area contributed by atoms with E-state index < -0.39 is 0 Å². The number of H-pyrrole nitrogens is 1. The second kappa shape index (κ2) is 8.28. The van der Waals surface area contributed by atoms with Crippen molar-refractivity contribution in [3.8, 4) is 0 Å². The van der Waals surface area contributed by atoms with E-state index in [0.717, 1.165) is 11.4 Å². The van der Waals surface area contributed by atoms with Gasteiger partial charge in [0.2, 0.25) is 0 Å². The highest BCUT2D eigenvalue weighted by atomic mass is 35.5. The second-order valence-electron chi connectivity index (χ2n) is 7.51. The van der Waals surface area contributed by atoms with E-state index >= 15 is 0 Å². The highest BCUT2D eigenvalue weighted by Gasteiger charge is 2.21. The van der Waals surface area contributed by atoms with Crippen molar-refractivity contribution in [3.05, 3.63) is 70.9 Å². The molecule has 0 aliphatic carbocycles. The number of nitrogens with one attached hydrogen (secondary N) is 1. The molecule has 2 nitrogen and oxygen atoms in total. The Morgan fingerprint density at radius 1 is 1.08 bits per heavy atom. The molecular weight excluding hydrogens is 340 g/mol. The molecule has 26 heavy (non-hydrogen) atoms. The number of benzene rings is 2. The zero-order valence-electron chi connectivity index (χ0n) is 15.3. The Hall–Kier alpha value is -1.77. The molecule has 2 aromatic carbocycles. The Morgan fingerprint density at radius 2 is 2.00 bits per heavy atom. The predicted molar refractivity (Wildman–Crippen MR) is 111 cm³/mol. The molecule has 1 aromatic heterocycles. The van der Waals surface area contributed by atoms with Crippen LogP contribution in [-0.2, 0) is 6.42 Å². The van der Waals surface area contributed by atoms with Gasteiger partial charge in [-0.05, 0) is 80.4 Å². The molecule has 0 spiro atoms. The normalized spacial score (nSPS) is 18.4. The quantitative estimate of drug-likeness (QED) is 0.528. The topological polar surface area (TPSA) is 19.0 Å². The van der Waals surface area contributed by atoms with Crippen molar-refractivity contribution in [2.75, 3.05) is 19.6 Å². The molecule has 0 bridgehead atoms. The second-order valence-corrected chi connectivity index (χ2v) is 7.95. The van der Waals surface area contributed by atoms with Gasteiger partial charge in [0.1, 0.15) is 0 Å². The maximum absolute atomic E-state index is 6.18. The molecule has 1 fully saturated rings. The first kappa shape index (κ1) is 17.6. The molecule has 1 N–H and O–H groups in total. The van der Waals surface area contributed by atoms with Gasteiger partial charge >= 0.3 is 0 Å². The number of para-hydroxylation sites is 1. The van der Waals surface area contributed by atoms with Gasteiger partial charge in [-0.3, -0.25) is 0 Å². The molecule has 3 heteroatoms. The summed E-state index contributed by atoms with van der Waals surface area (Å²) in [6, 6.07) is 17.0. The summed E-state index contributed by atoms with van der Waals surface area (Å²) in [7, 11) is 0. The summed E-state index contributed by atoms with van der Waals surface area (Å²) >= 11 is 6.18. The van der Waals surface area contributed by atoms with Crippen molar-refractivity contribution >= 4 is 22.5 Å². The number of piperidine rings is 1. The lowest BCUT2D eigenvalue weighted by atomic mass is 9.90. The van der Waals surface area contributed by atoms with E-state index in [-0.39, 0.29) is 0 Å². The zero-order valence-corrected chi connectivity index (χ0v) is 16.0. The number of aromatic amines is 1. The van der Waals surface area contributed by atoms with E-state index in [0.29, 0.717) is 5.92 Å². The van der Waals surface area contributed by atoms with Gasteiger partial charge in [0.25, 0.3) is 0 Å². The van der Waals surface area contributed by atoms with E-state index in [1.54, 1.807) is 0 Å². The predicted octanol–water partition coefficient (Wildman–Crippen LogP) is 6.02. The average Bonchev–Trinajstić information content (AvgIpc) is 3.09. The number of hydrogen-bond acceptors (Lipinski definition) is 1. The average molecular weight is 367 g/mol. The summed E-state index contributed by atoms with van der Waals surface area (Å²) in [5.41, 5.74) is 4.11. The molecule has 0 radical (unpaired) electrons. The van der Waals surface area contributed by atoms with Gasteiger partial charge in [-0.2, -0.15) is 0 Å². The van der Waals surface area contributed by atoms with Crippen molar-refractivity contribution < 1.29 is 0 Å². The minimum atomic E-state index is 0.635. The number of nitrogens with zero attached hydrogens (tertiary/aromatic N) is 1. The van der Waals surface area contributed by atoms with Gasteiger partial charge in [0.05, 0.1) is 0 Å². The van der Waals surface area contributed by atoms with Gasteiger partial charge in [0, 0.05) is 28.7 Å². The molecule has 2 heterocycles. The van der Waals surface area contributed by atoms with E-state index in [1.165, 1.54) is 67.3 Å². The first-order chi connectivity index (χ1) is 12.8. The highest BCUT2D eigenvalue weighted by molar-refractivity contribution is 6.30. The molecule has 1 aliphatic rings. The molecule has 1 unspecified atom stereocenters. The van der Waals surface area contributed by atoms with Gasteiger partial charge in [0.15, 0.2) is 0 Å². The van der Waals surface area contributed by atoms with E-state index in [1.807, 2.05) is 6.07 Å². The summed E-state index contributed by atoms with van der Waals surface area (Å²) < 4.78 is 0. The largest absolute Gasteiger partial charge is 0.361 e. The molecule has 1 saturated heterocycles. The van der Waals surface area contributed by atoms with Crippen molar-refractivity contribution in [1.82, 2.24) is 9.88 Å². The monoisotopic (exact) mass is 366 g/mol. The van der Waals surface area contributed by atoms with Crippen molar-refractivity contribution in [2.24, 2.45) is 0 Å². The van der Waals surface area contributed by atoms with Crippen LogP contribution in [0.5, 0.6) is 0 Å². The molecular formula is C23H27ClN2. The number of aromatic nitrogens is 1. The van der Waals surface area contributed by atoms with Crippen LogP contribution in [0.25, 0.3) is 10.9 Å². The summed E-state index contributed by atoms with van der Waals surface area (Å²) in [4.78, 5) is 6.03. The summed E-state index contributed by atoms with van der Waals surface area (Å²) in [6.07, 6.45) is 8.43. The summed E-state index contributed by atoms with van der Waals surface area (Å²) in [6.45, 7) is 3.62. The Labute approximate surface area is 161 Å². The van der Waals surface area contributed by atoms with Crippen LogP contribution in [-0.4, -0.2) is 29.5 Å². The van der Waals surface area contributed by atoms with E-state index in [2.05, 4.69) is 58.5 Å². The van der Waals surface area contributed by atoms with Gasteiger partial charge in [-0.25, -0.2) is 0 Å². The van der Waals surface area contributed by atoms with Gasteiger partial charge in [-0.15, -0.1) is 0 Å². The van der Waals surface area contributed by atoms with Gasteiger partial charge < -0.3 is 9.88 Å². The fourth-order valence-corrected chi connectivity index (χ4v) is 4.48. The number of rotatable bonds is 6. The SMILES string of the molecule is Clc1cccc(C2CCCN(CCCCc3c[nH]c4ccccc34)C2)c1. The smallest absolute Gasteiger partial charge is 0.0456 e. The van der Waals surface area contributed by atoms with Crippen LogP contribution >= 0.6 is 11.6 Å². The number of unbranched alkanes of at least 4 members (excludes halogenated alkanes) is 1. The zero-order chi connectivity index (χ0) is 17.8. The first-order valence-electron chi connectivity index (χ1n) is 9.82. The fourth-order valence-electron chi connectivity index (χ4n) is 4.28. The molecule has 3 aromatic rings. The number of aryl methyl sites for hydroxylation is 1. The van der Waals surface area contributed by atoms with E-state index in [4.69, 9.17) is 11.6 Å². The molecule has 4 rings (SSSR count). The Kier molecular flexibility index (Phi) is 5.62. The van der Waals surface area contributed by atoms with Crippen LogP contribution in [0.1, 0.15) is 42.7 Å². The third-order valence-electron chi connectivity index (χ3n) is 5.67. The molecule has 0 saturated carbocycles. The van der Waals surface area contributed by atoms with Crippen LogP contribution in [0.3, 0.4) is 0 Å². The Morgan fingerprint density at radius 3 is 2.92 bits per heavy atom.